The fraction of sp³-hybridized carbons (Fsp3) is 0.556. The summed E-state index contributed by atoms with van der Waals surface area (Å²) in [5.74, 6) is -0.709. The number of halogens is 1. The smallest absolute Gasteiger partial charge is 0.243 e. The van der Waals surface area contributed by atoms with Crippen LogP contribution in [-0.2, 0) is 14.3 Å². The maximum atomic E-state index is 12.5. The number of ether oxygens (including phenoxy) is 1. The van der Waals surface area contributed by atoms with Gasteiger partial charge >= 0.3 is 0 Å². The Morgan fingerprint density at radius 3 is 2.64 bits per heavy atom. The molecule has 0 spiro atoms. The summed E-state index contributed by atoms with van der Waals surface area (Å²) >= 11 is 6.09. The van der Waals surface area contributed by atoms with Crippen LogP contribution in [0.25, 0.3) is 0 Å². The van der Waals surface area contributed by atoms with Crippen LogP contribution >= 0.6 is 11.6 Å². The lowest BCUT2D eigenvalue weighted by Gasteiger charge is -2.57. The molecule has 2 atom stereocenters. The van der Waals surface area contributed by atoms with Crippen LogP contribution in [0.2, 0.25) is 5.02 Å². The van der Waals surface area contributed by atoms with Crippen molar-refractivity contribution in [2.45, 2.75) is 45.8 Å². The molecule has 7 heteroatoms. The van der Waals surface area contributed by atoms with Crippen LogP contribution in [0.1, 0.15) is 32.8 Å². The first-order chi connectivity index (χ1) is 11.6. The molecule has 2 amide bonds. The Morgan fingerprint density at radius 2 is 2.08 bits per heavy atom. The Hall–Kier alpha value is -1.63. The van der Waals surface area contributed by atoms with Gasteiger partial charge in [0.05, 0.1) is 23.4 Å². The standard InChI is InChI=1S/C18H26ClN3O3/c1-5-25-14-9-18(20,17(14,3)4)16(24)21-10-15(23)22-13-7-6-11(2)8-12(13)19/h6-8,14H,5,9-10,20H2,1-4H3,(H,21,24)(H,22,23). The predicted molar refractivity (Wildman–Crippen MR) is 98.6 cm³/mol. The predicted octanol–water partition coefficient (Wildman–Crippen LogP) is 2.24. The van der Waals surface area contributed by atoms with Crippen molar-refractivity contribution in [2.24, 2.45) is 11.1 Å². The number of hydrogen-bond donors (Lipinski definition) is 3. The van der Waals surface area contributed by atoms with Gasteiger partial charge in [-0.3, -0.25) is 9.59 Å². The molecule has 0 bridgehead atoms. The minimum atomic E-state index is -1.05. The van der Waals surface area contributed by atoms with E-state index < -0.39 is 11.0 Å². The highest BCUT2D eigenvalue weighted by atomic mass is 35.5. The van der Waals surface area contributed by atoms with E-state index in [1.54, 1.807) is 12.1 Å². The van der Waals surface area contributed by atoms with E-state index in [4.69, 9.17) is 22.1 Å². The van der Waals surface area contributed by atoms with E-state index in [1.165, 1.54) is 0 Å². The van der Waals surface area contributed by atoms with E-state index in [1.807, 2.05) is 33.8 Å². The zero-order valence-electron chi connectivity index (χ0n) is 15.1. The van der Waals surface area contributed by atoms with E-state index in [2.05, 4.69) is 10.6 Å². The van der Waals surface area contributed by atoms with Gasteiger partial charge in [0.1, 0.15) is 5.54 Å². The second-order valence-electron chi connectivity index (χ2n) is 7.06. The summed E-state index contributed by atoms with van der Waals surface area (Å²) in [6.07, 6.45) is 0.374. The number of rotatable bonds is 6. The third-order valence-electron chi connectivity index (χ3n) is 5.04. The number of amides is 2. The van der Waals surface area contributed by atoms with Crippen LogP contribution in [0, 0.1) is 12.3 Å². The molecule has 4 N–H and O–H groups in total. The number of hydrogen-bond acceptors (Lipinski definition) is 4. The van der Waals surface area contributed by atoms with Gasteiger partial charge in [-0.05, 0) is 31.5 Å². The molecule has 1 aliphatic carbocycles. The van der Waals surface area contributed by atoms with E-state index in [9.17, 15) is 9.59 Å². The molecule has 0 heterocycles. The monoisotopic (exact) mass is 367 g/mol. The van der Waals surface area contributed by atoms with E-state index in [0.29, 0.717) is 23.7 Å². The van der Waals surface area contributed by atoms with E-state index in [-0.39, 0.29) is 24.5 Å². The summed E-state index contributed by atoms with van der Waals surface area (Å²) in [5, 5.41) is 5.75. The Kier molecular flexibility index (Phi) is 5.76. The molecule has 25 heavy (non-hydrogen) atoms. The topological polar surface area (TPSA) is 93.4 Å². The van der Waals surface area contributed by atoms with Crippen molar-refractivity contribution in [2.75, 3.05) is 18.5 Å². The third-order valence-corrected chi connectivity index (χ3v) is 5.36. The zero-order chi connectivity index (χ0) is 18.8. The van der Waals surface area contributed by atoms with Gasteiger partial charge in [-0.15, -0.1) is 0 Å². The first-order valence-electron chi connectivity index (χ1n) is 8.36. The molecule has 6 nitrogen and oxygen atoms in total. The maximum absolute atomic E-state index is 12.5. The van der Waals surface area contributed by atoms with Crippen molar-refractivity contribution in [3.63, 3.8) is 0 Å². The number of carbonyl (C=O) groups excluding carboxylic acids is 2. The van der Waals surface area contributed by atoms with Crippen molar-refractivity contribution in [3.05, 3.63) is 28.8 Å². The zero-order valence-corrected chi connectivity index (χ0v) is 15.9. The molecular weight excluding hydrogens is 342 g/mol. The molecule has 1 aliphatic rings. The molecule has 1 aromatic rings. The second kappa shape index (κ2) is 7.32. The van der Waals surface area contributed by atoms with Crippen LogP contribution in [0.3, 0.4) is 0 Å². The minimum absolute atomic E-state index is 0.0616. The molecule has 2 rings (SSSR count). The van der Waals surface area contributed by atoms with Crippen molar-refractivity contribution in [1.29, 1.82) is 0 Å². The van der Waals surface area contributed by atoms with Gasteiger partial charge in [-0.1, -0.05) is 31.5 Å². The normalized spacial score (nSPS) is 24.3. The molecule has 1 aromatic carbocycles. The largest absolute Gasteiger partial charge is 0.378 e. The first-order valence-corrected chi connectivity index (χ1v) is 8.74. The molecule has 0 radical (unpaired) electrons. The quantitative estimate of drug-likeness (QED) is 0.718. The number of benzene rings is 1. The lowest BCUT2D eigenvalue weighted by atomic mass is 9.54. The molecular formula is C18H26ClN3O3. The number of anilines is 1. The van der Waals surface area contributed by atoms with Gasteiger partial charge in [0.15, 0.2) is 0 Å². The Labute approximate surface area is 153 Å². The van der Waals surface area contributed by atoms with Gasteiger partial charge in [0.2, 0.25) is 11.8 Å². The van der Waals surface area contributed by atoms with Gasteiger partial charge in [-0.25, -0.2) is 0 Å². The summed E-state index contributed by atoms with van der Waals surface area (Å²) < 4.78 is 5.61. The van der Waals surface area contributed by atoms with Gasteiger partial charge in [-0.2, -0.15) is 0 Å². The molecule has 1 saturated carbocycles. The molecule has 2 unspecified atom stereocenters. The van der Waals surface area contributed by atoms with Crippen molar-refractivity contribution < 1.29 is 14.3 Å². The SMILES string of the molecule is CCOC1CC(N)(C(=O)NCC(=O)Nc2ccc(C)cc2Cl)C1(C)C. The number of carbonyl (C=O) groups is 2. The summed E-state index contributed by atoms with van der Waals surface area (Å²) in [7, 11) is 0. The lowest BCUT2D eigenvalue weighted by molar-refractivity contribution is -0.170. The summed E-state index contributed by atoms with van der Waals surface area (Å²) in [6.45, 7) is 8.04. The second-order valence-corrected chi connectivity index (χ2v) is 7.46. The van der Waals surface area contributed by atoms with Gasteiger partial charge in [0, 0.05) is 18.4 Å². The molecule has 1 fully saturated rings. The fourth-order valence-electron chi connectivity index (χ4n) is 3.05. The van der Waals surface area contributed by atoms with Gasteiger partial charge in [0.25, 0.3) is 0 Å². The van der Waals surface area contributed by atoms with E-state index in [0.717, 1.165) is 5.56 Å². The highest BCUT2D eigenvalue weighted by Crippen LogP contribution is 2.49. The Balaban J connectivity index is 1.90. The number of aryl methyl sites for hydroxylation is 1. The van der Waals surface area contributed by atoms with Crippen LogP contribution < -0.4 is 16.4 Å². The van der Waals surface area contributed by atoms with Crippen molar-refractivity contribution in [1.82, 2.24) is 5.32 Å². The average molecular weight is 368 g/mol. The molecule has 138 valence electrons. The van der Waals surface area contributed by atoms with Gasteiger partial charge < -0.3 is 21.1 Å². The molecule has 0 aliphatic heterocycles. The highest BCUT2D eigenvalue weighted by molar-refractivity contribution is 6.33. The average Bonchev–Trinajstić information content (AvgIpc) is 2.54. The number of nitrogens with two attached hydrogens (primary N) is 1. The maximum Gasteiger partial charge on any atom is 0.243 e. The summed E-state index contributed by atoms with van der Waals surface area (Å²) in [5.41, 5.74) is 6.24. The molecule has 0 aromatic heterocycles. The van der Waals surface area contributed by atoms with E-state index >= 15 is 0 Å². The summed E-state index contributed by atoms with van der Waals surface area (Å²) in [6, 6.07) is 5.33. The third kappa shape index (κ3) is 3.81. The van der Waals surface area contributed by atoms with Crippen molar-refractivity contribution >= 4 is 29.1 Å². The minimum Gasteiger partial charge on any atom is -0.378 e. The fourth-order valence-corrected chi connectivity index (χ4v) is 3.34. The van der Waals surface area contributed by atoms with Crippen LogP contribution in [0.5, 0.6) is 0 Å². The highest BCUT2D eigenvalue weighted by Gasteiger charge is 2.62. The first kappa shape index (κ1) is 19.7. The summed E-state index contributed by atoms with van der Waals surface area (Å²) in [4.78, 5) is 24.5. The lowest BCUT2D eigenvalue weighted by Crippen LogP contribution is -2.76. The van der Waals surface area contributed by atoms with Crippen LogP contribution in [0.4, 0.5) is 5.69 Å². The van der Waals surface area contributed by atoms with Crippen molar-refractivity contribution in [3.8, 4) is 0 Å². The Bertz CT molecular complexity index is 678. The molecule has 0 saturated heterocycles. The number of nitrogens with one attached hydrogen (secondary N) is 2. The Morgan fingerprint density at radius 1 is 1.40 bits per heavy atom. The van der Waals surface area contributed by atoms with Crippen LogP contribution in [-0.4, -0.2) is 36.6 Å². The van der Waals surface area contributed by atoms with Crippen LogP contribution in [0.15, 0.2) is 18.2 Å².